The molecule has 1 aromatic carbocycles. The number of anilines is 1. The largest absolute Gasteiger partial charge is 0.445 e. The van der Waals surface area contributed by atoms with Gasteiger partial charge in [-0.15, -0.1) is 0 Å². The van der Waals surface area contributed by atoms with E-state index >= 15 is 0 Å². The number of nitrogens with zero attached hydrogens (tertiary/aromatic N) is 4. The van der Waals surface area contributed by atoms with Gasteiger partial charge in [-0.05, 0) is 18.4 Å². The van der Waals surface area contributed by atoms with Crippen molar-refractivity contribution < 1.29 is 9.53 Å². The van der Waals surface area contributed by atoms with Gasteiger partial charge in [0.1, 0.15) is 23.8 Å². The Kier molecular flexibility index (Phi) is 4.43. The summed E-state index contributed by atoms with van der Waals surface area (Å²) in [5.41, 5.74) is 7.72. The van der Waals surface area contributed by atoms with E-state index in [1.54, 1.807) is 17.3 Å². The molecular formula is C19H21N5O2. The molecule has 0 saturated carbocycles. The number of fused-ring (bicyclic) bond motifs is 1. The summed E-state index contributed by atoms with van der Waals surface area (Å²) in [5.74, 6) is 1.75. The Morgan fingerprint density at radius 1 is 1.19 bits per heavy atom. The number of rotatable bonds is 3. The lowest BCUT2D eigenvalue weighted by Gasteiger charge is -2.30. The average molecular weight is 351 g/mol. The minimum Gasteiger partial charge on any atom is -0.445 e. The molecule has 0 spiro atoms. The van der Waals surface area contributed by atoms with Gasteiger partial charge in [0, 0.05) is 31.4 Å². The van der Waals surface area contributed by atoms with Crippen LogP contribution in [-0.2, 0) is 11.3 Å². The zero-order valence-electron chi connectivity index (χ0n) is 14.4. The topological polar surface area (TPSA) is 85.8 Å². The van der Waals surface area contributed by atoms with Crippen LogP contribution in [0.15, 0.2) is 48.9 Å². The van der Waals surface area contributed by atoms with Crippen LogP contribution >= 0.6 is 0 Å². The van der Waals surface area contributed by atoms with Crippen LogP contribution in [-0.4, -0.2) is 38.5 Å². The molecule has 0 atom stereocenters. The first kappa shape index (κ1) is 16.4. The highest BCUT2D eigenvalue weighted by Crippen LogP contribution is 2.28. The number of carbonyl (C=O) groups is 1. The number of piperidine rings is 1. The van der Waals surface area contributed by atoms with Crippen LogP contribution in [0.2, 0.25) is 0 Å². The van der Waals surface area contributed by atoms with Crippen LogP contribution in [0.3, 0.4) is 0 Å². The lowest BCUT2D eigenvalue weighted by Crippen LogP contribution is -2.38. The van der Waals surface area contributed by atoms with Crippen LogP contribution in [0.1, 0.15) is 30.1 Å². The molecule has 0 bridgehead atoms. The number of likely N-dealkylation sites (tertiary alicyclic amines) is 1. The van der Waals surface area contributed by atoms with E-state index in [-0.39, 0.29) is 12.0 Å². The second-order valence-corrected chi connectivity index (χ2v) is 6.49. The summed E-state index contributed by atoms with van der Waals surface area (Å²) in [6.07, 6.45) is 6.77. The maximum Gasteiger partial charge on any atom is 0.410 e. The van der Waals surface area contributed by atoms with Crippen LogP contribution in [0, 0.1) is 0 Å². The number of imidazole rings is 1. The molecule has 1 aliphatic rings. The van der Waals surface area contributed by atoms with Crippen molar-refractivity contribution >= 4 is 17.4 Å². The van der Waals surface area contributed by atoms with E-state index in [0.29, 0.717) is 25.5 Å². The summed E-state index contributed by atoms with van der Waals surface area (Å²) in [6.45, 7) is 1.62. The number of ether oxygens (including phenoxy) is 1. The Morgan fingerprint density at radius 2 is 1.96 bits per heavy atom. The fraction of sp³-hybridized carbons (Fsp3) is 0.316. The number of hydrogen-bond donors (Lipinski definition) is 1. The fourth-order valence-corrected chi connectivity index (χ4v) is 3.40. The number of amides is 1. The van der Waals surface area contributed by atoms with Crippen molar-refractivity contribution in [3.8, 4) is 0 Å². The molecule has 0 aliphatic carbocycles. The Morgan fingerprint density at radius 3 is 2.73 bits per heavy atom. The third kappa shape index (κ3) is 3.20. The summed E-state index contributed by atoms with van der Waals surface area (Å²) in [4.78, 5) is 22.7. The van der Waals surface area contributed by atoms with Crippen LogP contribution in [0.4, 0.5) is 10.6 Å². The van der Waals surface area contributed by atoms with Crippen molar-refractivity contribution in [1.82, 2.24) is 19.3 Å². The van der Waals surface area contributed by atoms with Gasteiger partial charge in [-0.25, -0.2) is 14.8 Å². The molecule has 1 saturated heterocycles. The molecule has 3 heterocycles. The molecule has 0 unspecified atom stereocenters. The Labute approximate surface area is 151 Å². The monoisotopic (exact) mass is 351 g/mol. The summed E-state index contributed by atoms with van der Waals surface area (Å²) in [5, 5.41) is 0. The molecule has 7 heteroatoms. The van der Waals surface area contributed by atoms with Gasteiger partial charge in [-0.2, -0.15) is 0 Å². The normalized spacial score (nSPS) is 15.3. The Hall–Kier alpha value is -3.09. The Bertz CT molecular complexity index is 901. The van der Waals surface area contributed by atoms with Gasteiger partial charge in [-0.1, -0.05) is 30.3 Å². The van der Waals surface area contributed by atoms with Gasteiger partial charge in [0.25, 0.3) is 0 Å². The lowest BCUT2D eigenvalue weighted by atomic mass is 9.96. The zero-order valence-corrected chi connectivity index (χ0v) is 14.4. The van der Waals surface area contributed by atoms with Gasteiger partial charge < -0.3 is 15.4 Å². The van der Waals surface area contributed by atoms with Crippen molar-refractivity contribution in [2.24, 2.45) is 0 Å². The first-order valence-corrected chi connectivity index (χ1v) is 8.75. The van der Waals surface area contributed by atoms with E-state index in [1.165, 1.54) is 0 Å². The highest BCUT2D eigenvalue weighted by Gasteiger charge is 2.27. The molecule has 134 valence electrons. The molecule has 26 heavy (non-hydrogen) atoms. The highest BCUT2D eigenvalue weighted by molar-refractivity contribution is 5.68. The minimum atomic E-state index is -0.256. The molecule has 2 N–H and O–H groups in total. The predicted molar refractivity (Wildman–Crippen MR) is 97.6 cm³/mol. The van der Waals surface area contributed by atoms with Gasteiger partial charge in [-0.3, -0.25) is 4.40 Å². The summed E-state index contributed by atoms with van der Waals surface area (Å²) in [7, 11) is 0. The van der Waals surface area contributed by atoms with Crippen LogP contribution in [0.25, 0.3) is 5.52 Å². The SMILES string of the molecule is Nc1nccn2c(C3CCN(C(=O)OCc4ccccc4)CC3)ncc12. The van der Waals surface area contributed by atoms with Crippen molar-refractivity contribution in [2.75, 3.05) is 18.8 Å². The second-order valence-electron chi connectivity index (χ2n) is 6.49. The van der Waals surface area contributed by atoms with Gasteiger partial charge in [0.15, 0.2) is 0 Å². The average Bonchev–Trinajstić information content (AvgIpc) is 3.12. The molecule has 1 aliphatic heterocycles. The number of benzene rings is 1. The van der Waals surface area contributed by atoms with Gasteiger partial charge in [0.05, 0.1) is 6.20 Å². The van der Waals surface area contributed by atoms with E-state index in [4.69, 9.17) is 10.5 Å². The number of carbonyl (C=O) groups excluding carboxylic acids is 1. The molecule has 1 amide bonds. The first-order valence-electron chi connectivity index (χ1n) is 8.75. The third-order valence-electron chi connectivity index (χ3n) is 4.84. The van der Waals surface area contributed by atoms with Gasteiger partial charge >= 0.3 is 6.09 Å². The van der Waals surface area contributed by atoms with Crippen molar-refractivity contribution in [3.63, 3.8) is 0 Å². The molecule has 3 aromatic rings. The summed E-state index contributed by atoms with van der Waals surface area (Å²) < 4.78 is 7.42. The molecule has 2 aromatic heterocycles. The zero-order chi connectivity index (χ0) is 17.9. The van der Waals surface area contributed by atoms with E-state index in [2.05, 4.69) is 9.97 Å². The maximum atomic E-state index is 12.3. The molecular weight excluding hydrogens is 330 g/mol. The van der Waals surface area contributed by atoms with Crippen LogP contribution < -0.4 is 5.73 Å². The smallest absolute Gasteiger partial charge is 0.410 e. The molecule has 7 nitrogen and oxygen atoms in total. The van der Waals surface area contributed by atoms with E-state index in [0.717, 1.165) is 29.7 Å². The van der Waals surface area contributed by atoms with Crippen molar-refractivity contribution in [3.05, 3.63) is 60.3 Å². The number of nitrogen functional groups attached to an aromatic ring is 1. The summed E-state index contributed by atoms with van der Waals surface area (Å²) >= 11 is 0. The molecule has 1 fully saturated rings. The molecule has 0 radical (unpaired) electrons. The van der Waals surface area contributed by atoms with E-state index in [9.17, 15) is 4.79 Å². The number of nitrogens with two attached hydrogens (primary N) is 1. The summed E-state index contributed by atoms with van der Waals surface area (Å²) in [6, 6.07) is 9.71. The fourth-order valence-electron chi connectivity index (χ4n) is 3.40. The van der Waals surface area contributed by atoms with Crippen molar-refractivity contribution in [2.45, 2.75) is 25.4 Å². The lowest BCUT2D eigenvalue weighted by molar-refractivity contribution is 0.0866. The standard InChI is InChI=1S/C19H21N5O2/c20-17-16-12-22-18(24(16)11-8-21-17)15-6-9-23(10-7-15)19(25)26-13-14-4-2-1-3-5-14/h1-5,8,11-12,15H,6-7,9-10,13H2,(H2,20,21). The Balaban J connectivity index is 1.36. The van der Waals surface area contributed by atoms with Crippen LogP contribution in [0.5, 0.6) is 0 Å². The second kappa shape index (κ2) is 7.03. The van der Waals surface area contributed by atoms with E-state index < -0.39 is 0 Å². The number of aromatic nitrogens is 3. The van der Waals surface area contributed by atoms with Crippen molar-refractivity contribution in [1.29, 1.82) is 0 Å². The third-order valence-corrected chi connectivity index (χ3v) is 4.84. The minimum absolute atomic E-state index is 0.256. The number of hydrogen-bond acceptors (Lipinski definition) is 5. The van der Waals surface area contributed by atoms with Gasteiger partial charge in [0.2, 0.25) is 0 Å². The maximum absolute atomic E-state index is 12.3. The molecule has 4 rings (SSSR count). The highest BCUT2D eigenvalue weighted by atomic mass is 16.6. The first-order chi connectivity index (χ1) is 12.7. The van der Waals surface area contributed by atoms with E-state index in [1.807, 2.05) is 40.9 Å². The predicted octanol–water partition coefficient (Wildman–Crippen LogP) is 2.83. The quantitative estimate of drug-likeness (QED) is 0.784.